The van der Waals surface area contributed by atoms with Crippen molar-refractivity contribution >= 4 is 19.2 Å². The molecule has 1 atom stereocenters. The SMILES string of the molecule is CCOC(=O)C(CCCCB1OC(C)(C)C(C)(C)O1)(CN1CCCCC1)NC(=O)OCc1ccccc1. The Morgan fingerprint density at radius 3 is 2.27 bits per heavy atom. The number of nitrogens with zero attached hydrogens (tertiary/aromatic N) is 1. The molecule has 37 heavy (non-hydrogen) atoms. The van der Waals surface area contributed by atoms with Crippen LogP contribution in [0, 0.1) is 0 Å². The van der Waals surface area contributed by atoms with E-state index in [1.807, 2.05) is 58.0 Å². The summed E-state index contributed by atoms with van der Waals surface area (Å²) in [5, 5.41) is 2.95. The maximum atomic E-state index is 13.4. The Morgan fingerprint density at radius 2 is 1.65 bits per heavy atom. The number of hydrogen-bond donors (Lipinski definition) is 1. The summed E-state index contributed by atoms with van der Waals surface area (Å²) in [5.74, 6) is -0.409. The molecule has 3 rings (SSSR count). The van der Waals surface area contributed by atoms with Gasteiger partial charge in [0.2, 0.25) is 0 Å². The second-order valence-electron chi connectivity index (χ2n) is 11.3. The molecular formula is C28H45BN2O6. The molecule has 2 aliphatic rings. The molecular weight excluding hydrogens is 471 g/mol. The van der Waals surface area contributed by atoms with Crippen LogP contribution in [-0.4, -0.2) is 67.1 Å². The average Bonchev–Trinajstić information content (AvgIpc) is 3.07. The Labute approximate surface area is 222 Å². The lowest BCUT2D eigenvalue weighted by Crippen LogP contribution is -2.62. The van der Waals surface area contributed by atoms with Gasteiger partial charge in [-0.05, 0) is 78.9 Å². The van der Waals surface area contributed by atoms with Crippen LogP contribution in [0.1, 0.15) is 78.7 Å². The Bertz CT molecular complexity index is 859. The number of alkyl carbamates (subject to hydrolysis) is 1. The fourth-order valence-electron chi connectivity index (χ4n) is 4.94. The predicted molar refractivity (Wildman–Crippen MR) is 144 cm³/mol. The summed E-state index contributed by atoms with van der Waals surface area (Å²) in [4.78, 5) is 28.6. The van der Waals surface area contributed by atoms with Crippen molar-refractivity contribution in [2.45, 2.75) is 103 Å². The number of unbranched alkanes of at least 4 members (excludes halogenated alkanes) is 1. The van der Waals surface area contributed by atoms with Gasteiger partial charge < -0.3 is 29.0 Å². The van der Waals surface area contributed by atoms with E-state index in [2.05, 4.69) is 10.2 Å². The van der Waals surface area contributed by atoms with Crippen LogP contribution in [0.2, 0.25) is 6.32 Å². The summed E-state index contributed by atoms with van der Waals surface area (Å²) < 4.78 is 23.3. The fraction of sp³-hybridized carbons (Fsp3) is 0.714. The van der Waals surface area contributed by atoms with E-state index in [-0.39, 0.29) is 31.5 Å². The first-order valence-corrected chi connectivity index (χ1v) is 13.8. The smallest absolute Gasteiger partial charge is 0.457 e. The minimum Gasteiger partial charge on any atom is -0.464 e. The number of carbonyl (C=O) groups excluding carboxylic acids is 2. The van der Waals surface area contributed by atoms with Crippen LogP contribution >= 0.6 is 0 Å². The molecule has 2 saturated heterocycles. The lowest BCUT2D eigenvalue weighted by Gasteiger charge is -2.38. The summed E-state index contributed by atoms with van der Waals surface area (Å²) in [6.45, 7) is 12.5. The molecule has 1 unspecified atom stereocenters. The number of esters is 1. The van der Waals surface area contributed by atoms with Crippen molar-refractivity contribution in [1.82, 2.24) is 10.2 Å². The minimum atomic E-state index is -1.18. The van der Waals surface area contributed by atoms with E-state index in [0.29, 0.717) is 25.7 Å². The topological polar surface area (TPSA) is 86.3 Å². The number of likely N-dealkylation sites (tertiary alicyclic amines) is 1. The molecule has 2 aliphatic heterocycles. The second kappa shape index (κ2) is 13.1. The quantitative estimate of drug-likeness (QED) is 0.239. The number of ether oxygens (including phenoxy) is 2. The molecule has 0 bridgehead atoms. The number of benzene rings is 1. The molecule has 8 nitrogen and oxygen atoms in total. The molecule has 0 aliphatic carbocycles. The lowest BCUT2D eigenvalue weighted by molar-refractivity contribution is -0.152. The van der Waals surface area contributed by atoms with E-state index in [1.54, 1.807) is 6.92 Å². The van der Waals surface area contributed by atoms with Gasteiger partial charge in [0.15, 0.2) is 5.54 Å². The van der Waals surface area contributed by atoms with Crippen LogP contribution < -0.4 is 5.32 Å². The summed E-state index contributed by atoms with van der Waals surface area (Å²) in [6.07, 6.45) is 5.40. The number of nitrogens with one attached hydrogen (secondary N) is 1. The van der Waals surface area contributed by atoms with Crippen molar-refractivity contribution in [3.05, 3.63) is 35.9 Å². The fourth-order valence-corrected chi connectivity index (χ4v) is 4.94. The number of carbonyl (C=O) groups is 2. The Morgan fingerprint density at radius 1 is 1.00 bits per heavy atom. The number of hydrogen-bond acceptors (Lipinski definition) is 7. The first-order valence-electron chi connectivity index (χ1n) is 13.8. The van der Waals surface area contributed by atoms with E-state index >= 15 is 0 Å². The number of piperidine rings is 1. The highest BCUT2D eigenvalue weighted by molar-refractivity contribution is 6.45. The summed E-state index contributed by atoms with van der Waals surface area (Å²) in [5.41, 5.74) is -1.04. The summed E-state index contributed by atoms with van der Waals surface area (Å²) in [6, 6.07) is 9.51. The lowest BCUT2D eigenvalue weighted by atomic mass is 9.80. The van der Waals surface area contributed by atoms with Crippen LogP contribution in [0.15, 0.2) is 30.3 Å². The van der Waals surface area contributed by atoms with Crippen LogP contribution in [0.5, 0.6) is 0 Å². The van der Waals surface area contributed by atoms with E-state index in [4.69, 9.17) is 18.8 Å². The van der Waals surface area contributed by atoms with Crippen molar-refractivity contribution < 1.29 is 28.4 Å². The van der Waals surface area contributed by atoms with Crippen molar-refractivity contribution in [3.63, 3.8) is 0 Å². The van der Waals surface area contributed by atoms with Crippen LogP contribution in [-0.2, 0) is 30.2 Å². The van der Waals surface area contributed by atoms with Crippen LogP contribution in [0.25, 0.3) is 0 Å². The zero-order valence-electron chi connectivity index (χ0n) is 23.3. The first-order chi connectivity index (χ1) is 17.6. The third-order valence-electron chi connectivity index (χ3n) is 7.76. The molecule has 206 valence electrons. The van der Waals surface area contributed by atoms with E-state index in [0.717, 1.165) is 37.9 Å². The molecule has 9 heteroatoms. The third-order valence-corrected chi connectivity index (χ3v) is 7.76. The van der Waals surface area contributed by atoms with Gasteiger partial charge in [-0.25, -0.2) is 9.59 Å². The largest absolute Gasteiger partial charge is 0.464 e. The van der Waals surface area contributed by atoms with Gasteiger partial charge in [-0.1, -0.05) is 49.6 Å². The van der Waals surface area contributed by atoms with Crippen molar-refractivity contribution in [2.24, 2.45) is 0 Å². The van der Waals surface area contributed by atoms with Crippen molar-refractivity contribution in [3.8, 4) is 0 Å². The molecule has 2 heterocycles. The molecule has 1 amide bonds. The zero-order chi connectivity index (χ0) is 26.9. The molecule has 1 N–H and O–H groups in total. The van der Waals surface area contributed by atoms with Gasteiger partial charge >= 0.3 is 19.2 Å². The highest BCUT2D eigenvalue weighted by Gasteiger charge is 2.50. The van der Waals surface area contributed by atoms with Gasteiger partial charge in [-0.15, -0.1) is 0 Å². The zero-order valence-corrected chi connectivity index (χ0v) is 23.3. The van der Waals surface area contributed by atoms with Crippen molar-refractivity contribution in [2.75, 3.05) is 26.2 Å². The Hall–Kier alpha value is -2.10. The summed E-state index contributed by atoms with van der Waals surface area (Å²) >= 11 is 0. The highest BCUT2D eigenvalue weighted by atomic mass is 16.7. The molecule has 2 fully saturated rings. The maximum Gasteiger partial charge on any atom is 0.457 e. The standard InChI is InChI=1S/C28H45BN2O6/c1-6-34-24(32)28(22-31-19-13-8-14-20-31,30-25(33)35-21-23-15-9-7-10-16-23)17-11-12-18-29-36-26(2,3)27(4,5)37-29/h7,9-10,15-16H,6,8,11-14,17-22H2,1-5H3,(H,30,33). The first kappa shape index (κ1) is 29.5. The van der Waals surface area contributed by atoms with Gasteiger partial charge in [0.05, 0.1) is 17.8 Å². The van der Waals surface area contributed by atoms with Gasteiger partial charge in [-0.3, -0.25) is 0 Å². The molecule has 1 aromatic carbocycles. The average molecular weight is 516 g/mol. The Balaban J connectivity index is 1.67. The van der Waals surface area contributed by atoms with Gasteiger partial charge in [0.1, 0.15) is 6.61 Å². The third kappa shape index (κ3) is 8.19. The maximum absolute atomic E-state index is 13.4. The summed E-state index contributed by atoms with van der Waals surface area (Å²) in [7, 11) is -0.284. The molecule has 1 aromatic rings. The molecule has 0 saturated carbocycles. The molecule has 0 spiro atoms. The molecule has 0 aromatic heterocycles. The Kier molecular flexibility index (Phi) is 10.4. The van der Waals surface area contributed by atoms with Gasteiger partial charge in [0.25, 0.3) is 0 Å². The monoisotopic (exact) mass is 516 g/mol. The van der Waals surface area contributed by atoms with E-state index in [9.17, 15) is 9.59 Å². The highest BCUT2D eigenvalue weighted by Crippen LogP contribution is 2.38. The normalized spacial score (nSPS) is 20.7. The molecule has 0 radical (unpaired) electrons. The second-order valence-corrected chi connectivity index (χ2v) is 11.3. The van der Waals surface area contributed by atoms with Gasteiger partial charge in [0, 0.05) is 6.54 Å². The van der Waals surface area contributed by atoms with E-state index < -0.39 is 17.6 Å². The van der Waals surface area contributed by atoms with E-state index in [1.165, 1.54) is 6.42 Å². The minimum absolute atomic E-state index is 0.136. The number of amides is 1. The predicted octanol–water partition coefficient (Wildman–Crippen LogP) is 4.96. The van der Waals surface area contributed by atoms with Crippen LogP contribution in [0.4, 0.5) is 4.79 Å². The number of rotatable bonds is 12. The van der Waals surface area contributed by atoms with Crippen molar-refractivity contribution in [1.29, 1.82) is 0 Å². The van der Waals surface area contributed by atoms with Crippen LogP contribution in [0.3, 0.4) is 0 Å². The van der Waals surface area contributed by atoms with Gasteiger partial charge in [-0.2, -0.15) is 0 Å².